The fraction of sp³-hybridized carbons (Fsp3) is 0.417. The maximum atomic E-state index is 11.2. The first kappa shape index (κ1) is 10.8. The van der Waals surface area contributed by atoms with E-state index in [4.69, 9.17) is 5.73 Å². The van der Waals surface area contributed by atoms with Crippen LogP contribution in [0.4, 0.5) is 11.4 Å². The number of carbonyl (C=O) groups is 1. The van der Waals surface area contributed by atoms with Gasteiger partial charge in [-0.3, -0.25) is 4.79 Å². The lowest BCUT2D eigenvalue weighted by Crippen LogP contribution is -2.27. The molecule has 1 aliphatic heterocycles. The van der Waals surface area contributed by atoms with E-state index in [1.807, 2.05) is 12.1 Å². The Bertz CT molecular complexity index is 403. The van der Waals surface area contributed by atoms with Gasteiger partial charge in [0.1, 0.15) is 0 Å². The van der Waals surface area contributed by atoms with Crippen molar-refractivity contribution in [2.45, 2.75) is 12.8 Å². The number of carbonyl (C=O) groups excluding carboxylic acids is 1. The smallest absolute Gasteiger partial charge is 0.221 e. The zero-order valence-electron chi connectivity index (χ0n) is 9.49. The van der Waals surface area contributed by atoms with Crippen molar-refractivity contribution in [1.29, 1.82) is 0 Å². The predicted molar refractivity (Wildman–Crippen MR) is 65.5 cm³/mol. The Hall–Kier alpha value is -1.71. The van der Waals surface area contributed by atoms with Crippen molar-refractivity contribution in [3.63, 3.8) is 0 Å². The van der Waals surface area contributed by atoms with Gasteiger partial charge in [-0.2, -0.15) is 0 Å². The lowest BCUT2D eigenvalue weighted by atomic mass is 10.1. The quantitative estimate of drug-likeness (QED) is 0.738. The first-order chi connectivity index (χ1) is 7.70. The van der Waals surface area contributed by atoms with Gasteiger partial charge in [0.05, 0.1) is 0 Å². The molecule has 0 bridgehead atoms. The molecule has 0 atom stereocenters. The summed E-state index contributed by atoms with van der Waals surface area (Å²) in [5.41, 5.74) is 9.06. The largest absolute Gasteiger partial charge is 0.399 e. The molecular weight excluding hydrogens is 202 g/mol. The van der Waals surface area contributed by atoms with Gasteiger partial charge in [0.15, 0.2) is 0 Å². The third-order valence-electron chi connectivity index (χ3n) is 2.99. The highest BCUT2D eigenvalue weighted by atomic mass is 16.1. The predicted octanol–water partition coefficient (Wildman–Crippen LogP) is 0.767. The van der Waals surface area contributed by atoms with Crippen LogP contribution in [-0.4, -0.2) is 26.0 Å². The number of nitrogen functional groups attached to an aromatic ring is 1. The molecule has 0 radical (unpaired) electrons. The number of nitrogens with zero attached hydrogens (tertiary/aromatic N) is 1. The number of rotatable bonds is 3. The van der Waals surface area contributed by atoms with Crippen LogP contribution in [0, 0.1) is 0 Å². The molecule has 86 valence electrons. The Kier molecular flexibility index (Phi) is 2.99. The van der Waals surface area contributed by atoms with Crippen LogP contribution in [0.25, 0.3) is 0 Å². The highest BCUT2D eigenvalue weighted by molar-refractivity contribution is 5.76. The summed E-state index contributed by atoms with van der Waals surface area (Å²) in [6.07, 6.45) is 1.58. The van der Waals surface area contributed by atoms with Gasteiger partial charge < -0.3 is 16.0 Å². The van der Waals surface area contributed by atoms with Crippen molar-refractivity contribution in [1.82, 2.24) is 5.32 Å². The highest BCUT2D eigenvalue weighted by Crippen LogP contribution is 2.29. The Morgan fingerprint density at radius 1 is 1.56 bits per heavy atom. The highest BCUT2D eigenvalue weighted by Gasteiger charge is 2.19. The summed E-state index contributed by atoms with van der Waals surface area (Å²) in [6.45, 7) is 1.74. The van der Waals surface area contributed by atoms with Crippen LogP contribution in [0.5, 0.6) is 0 Å². The van der Waals surface area contributed by atoms with Crippen molar-refractivity contribution < 1.29 is 4.79 Å². The number of amides is 1. The van der Waals surface area contributed by atoms with E-state index in [2.05, 4.69) is 16.3 Å². The molecule has 1 aromatic carbocycles. The number of nitrogens with one attached hydrogen (secondary N) is 1. The van der Waals surface area contributed by atoms with Crippen molar-refractivity contribution in [3.8, 4) is 0 Å². The molecule has 1 heterocycles. The molecule has 0 spiro atoms. The fourth-order valence-corrected chi connectivity index (χ4v) is 2.06. The molecule has 4 nitrogen and oxygen atoms in total. The van der Waals surface area contributed by atoms with Gasteiger partial charge in [0.25, 0.3) is 0 Å². The molecule has 16 heavy (non-hydrogen) atoms. The van der Waals surface area contributed by atoms with Crippen LogP contribution in [0.3, 0.4) is 0 Å². The lowest BCUT2D eigenvalue weighted by molar-refractivity contribution is -0.120. The van der Waals surface area contributed by atoms with E-state index < -0.39 is 0 Å². The Morgan fingerprint density at radius 3 is 3.12 bits per heavy atom. The summed E-state index contributed by atoms with van der Waals surface area (Å²) in [5, 5.41) is 2.63. The number of nitrogens with two attached hydrogens (primary N) is 1. The summed E-state index contributed by atoms with van der Waals surface area (Å²) < 4.78 is 0. The van der Waals surface area contributed by atoms with Gasteiger partial charge in [0.2, 0.25) is 5.91 Å². The van der Waals surface area contributed by atoms with Crippen molar-refractivity contribution in [2.24, 2.45) is 0 Å². The topological polar surface area (TPSA) is 58.4 Å². The van der Waals surface area contributed by atoms with Gasteiger partial charge in [0, 0.05) is 37.9 Å². The summed E-state index contributed by atoms with van der Waals surface area (Å²) in [7, 11) is 1.66. The molecule has 0 saturated carbocycles. The molecule has 0 aromatic heterocycles. The van der Waals surface area contributed by atoms with Gasteiger partial charge in [-0.1, -0.05) is 6.07 Å². The van der Waals surface area contributed by atoms with E-state index in [0.717, 1.165) is 25.2 Å². The van der Waals surface area contributed by atoms with Crippen LogP contribution >= 0.6 is 0 Å². The van der Waals surface area contributed by atoms with Gasteiger partial charge in [-0.05, 0) is 24.1 Å². The first-order valence-electron chi connectivity index (χ1n) is 5.54. The number of hydrogen-bond donors (Lipinski definition) is 2. The molecule has 1 amide bonds. The maximum Gasteiger partial charge on any atom is 0.221 e. The average molecular weight is 219 g/mol. The third-order valence-corrected chi connectivity index (χ3v) is 2.99. The molecule has 4 heteroatoms. The number of anilines is 2. The molecule has 1 aromatic rings. The van der Waals surface area contributed by atoms with Gasteiger partial charge in [-0.15, -0.1) is 0 Å². The van der Waals surface area contributed by atoms with Crippen LogP contribution in [-0.2, 0) is 11.2 Å². The Labute approximate surface area is 95.4 Å². The van der Waals surface area contributed by atoms with E-state index in [9.17, 15) is 4.79 Å². The minimum absolute atomic E-state index is 0.0809. The summed E-state index contributed by atoms with van der Waals surface area (Å²) in [5.74, 6) is 0.0809. The molecule has 0 saturated heterocycles. The minimum atomic E-state index is 0.0809. The zero-order chi connectivity index (χ0) is 11.5. The van der Waals surface area contributed by atoms with Crippen molar-refractivity contribution in [3.05, 3.63) is 23.8 Å². The van der Waals surface area contributed by atoms with Crippen LogP contribution in [0.1, 0.15) is 12.0 Å². The SMILES string of the molecule is CNC(=O)CCN1CCc2ccc(N)cc21. The first-order valence-corrected chi connectivity index (χ1v) is 5.54. The standard InChI is InChI=1S/C12H17N3O/c1-14-12(16)5-7-15-6-4-9-2-3-10(13)8-11(9)15/h2-3,8H,4-7,13H2,1H3,(H,14,16). The van der Waals surface area contributed by atoms with E-state index in [-0.39, 0.29) is 5.91 Å². The Morgan fingerprint density at radius 2 is 2.38 bits per heavy atom. The second-order valence-corrected chi connectivity index (χ2v) is 4.05. The molecule has 1 aliphatic rings. The second kappa shape index (κ2) is 4.43. The molecule has 0 unspecified atom stereocenters. The second-order valence-electron chi connectivity index (χ2n) is 4.05. The van der Waals surface area contributed by atoms with Crippen molar-refractivity contribution >= 4 is 17.3 Å². The molecule has 0 fully saturated rings. The van der Waals surface area contributed by atoms with Gasteiger partial charge in [-0.25, -0.2) is 0 Å². The molecular formula is C12H17N3O. The molecule has 0 aliphatic carbocycles. The fourth-order valence-electron chi connectivity index (χ4n) is 2.06. The van der Waals surface area contributed by atoms with E-state index in [0.29, 0.717) is 6.42 Å². The molecule has 3 N–H and O–H groups in total. The Balaban J connectivity index is 2.05. The van der Waals surface area contributed by atoms with E-state index in [1.165, 1.54) is 11.3 Å². The zero-order valence-corrected chi connectivity index (χ0v) is 9.49. The van der Waals surface area contributed by atoms with Crippen LogP contribution in [0.15, 0.2) is 18.2 Å². The lowest BCUT2D eigenvalue weighted by Gasteiger charge is -2.19. The summed E-state index contributed by atoms with van der Waals surface area (Å²) in [4.78, 5) is 13.4. The minimum Gasteiger partial charge on any atom is -0.399 e. The average Bonchev–Trinajstić information content (AvgIpc) is 2.68. The van der Waals surface area contributed by atoms with E-state index in [1.54, 1.807) is 7.05 Å². The maximum absolute atomic E-state index is 11.2. The number of fused-ring (bicyclic) bond motifs is 1. The number of hydrogen-bond acceptors (Lipinski definition) is 3. The molecule has 2 rings (SSSR count). The van der Waals surface area contributed by atoms with Gasteiger partial charge >= 0.3 is 0 Å². The number of benzene rings is 1. The monoisotopic (exact) mass is 219 g/mol. The van der Waals surface area contributed by atoms with Crippen molar-refractivity contribution in [2.75, 3.05) is 30.8 Å². The third kappa shape index (κ3) is 2.10. The summed E-state index contributed by atoms with van der Waals surface area (Å²) >= 11 is 0. The normalized spacial score (nSPS) is 13.7. The summed E-state index contributed by atoms with van der Waals surface area (Å²) in [6, 6.07) is 6.00. The van der Waals surface area contributed by atoms with Crippen LogP contribution in [0.2, 0.25) is 0 Å². The van der Waals surface area contributed by atoms with E-state index >= 15 is 0 Å². The van der Waals surface area contributed by atoms with Crippen LogP contribution < -0.4 is 16.0 Å².